The molecule has 2 heterocycles. The molecule has 3 rings (SSSR count). The highest BCUT2D eigenvalue weighted by Gasteiger charge is 2.14. The fourth-order valence-corrected chi connectivity index (χ4v) is 1.96. The van der Waals surface area contributed by atoms with Gasteiger partial charge < -0.3 is 15.2 Å². The van der Waals surface area contributed by atoms with E-state index in [2.05, 4.69) is 4.98 Å². The SMILES string of the molecule is N#Cc1cnc2cc3c(cc2c1N)OCCCO3. The van der Waals surface area contributed by atoms with Crippen LogP contribution in [0.1, 0.15) is 12.0 Å². The molecule has 2 aromatic rings. The van der Waals surface area contributed by atoms with Gasteiger partial charge in [-0.15, -0.1) is 0 Å². The molecule has 0 fully saturated rings. The Morgan fingerprint density at radius 2 is 1.94 bits per heavy atom. The average molecular weight is 241 g/mol. The molecule has 5 nitrogen and oxygen atoms in total. The fraction of sp³-hybridized carbons (Fsp3) is 0.231. The minimum atomic E-state index is 0.372. The van der Waals surface area contributed by atoms with Gasteiger partial charge in [-0.2, -0.15) is 5.26 Å². The number of nitriles is 1. The monoisotopic (exact) mass is 241 g/mol. The molecule has 0 spiro atoms. The van der Waals surface area contributed by atoms with Crippen molar-refractivity contribution in [2.24, 2.45) is 0 Å². The van der Waals surface area contributed by atoms with Gasteiger partial charge in [0.15, 0.2) is 11.5 Å². The molecule has 2 N–H and O–H groups in total. The minimum Gasteiger partial charge on any atom is -0.490 e. The van der Waals surface area contributed by atoms with Crippen LogP contribution in [0.25, 0.3) is 10.9 Å². The zero-order chi connectivity index (χ0) is 12.5. The number of nitrogens with zero attached hydrogens (tertiary/aromatic N) is 2. The quantitative estimate of drug-likeness (QED) is 0.761. The van der Waals surface area contributed by atoms with Gasteiger partial charge in [-0.25, -0.2) is 0 Å². The van der Waals surface area contributed by atoms with E-state index in [1.807, 2.05) is 6.07 Å². The molecule has 0 unspecified atom stereocenters. The summed E-state index contributed by atoms with van der Waals surface area (Å²) in [7, 11) is 0. The smallest absolute Gasteiger partial charge is 0.163 e. The summed E-state index contributed by atoms with van der Waals surface area (Å²) in [6, 6.07) is 5.61. The molecule has 90 valence electrons. The van der Waals surface area contributed by atoms with Gasteiger partial charge in [-0.1, -0.05) is 0 Å². The van der Waals surface area contributed by atoms with Gasteiger partial charge in [0.05, 0.1) is 30.0 Å². The highest BCUT2D eigenvalue weighted by atomic mass is 16.5. The highest BCUT2D eigenvalue weighted by molar-refractivity contribution is 5.94. The fourth-order valence-electron chi connectivity index (χ4n) is 1.96. The van der Waals surface area contributed by atoms with Crippen molar-refractivity contribution < 1.29 is 9.47 Å². The van der Waals surface area contributed by atoms with Crippen LogP contribution in [0.3, 0.4) is 0 Å². The van der Waals surface area contributed by atoms with Gasteiger partial charge in [0.2, 0.25) is 0 Å². The number of aromatic nitrogens is 1. The number of benzene rings is 1. The van der Waals surface area contributed by atoms with Crippen molar-refractivity contribution in [3.8, 4) is 17.6 Å². The van der Waals surface area contributed by atoms with E-state index in [0.29, 0.717) is 41.5 Å². The molecule has 1 aromatic carbocycles. The van der Waals surface area contributed by atoms with Crippen LogP contribution in [0.5, 0.6) is 11.5 Å². The number of pyridine rings is 1. The summed E-state index contributed by atoms with van der Waals surface area (Å²) in [5.74, 6) is 1.33. The topological polar surface area (TPSA) is 81.2 Å². The second-order valence-electron chi connectivity index (χ2n) is 4.06. The Balaban J connectivity index is 2.26. The summed E-state index contributed by atoms with van der Waals surface area (Å²) < 4.78 is 11.2. The minimum absolute atomic E-state index is 0.372. The van der Waals surface area contributed by atoms with E-state index in [1.54, 1.807) is 12.1 Å². The maximum atomic E-state index is 8.94. The largest absolute Gasteiger partial charge is 0.490 e. The first-order valence-corrected chi connectivity index (χ1v) is 5.67. The standard InChI is InChI=1S/C13H11N3O2/c14-6-8-7-16-10-5-12-11(4-9(10)13(8)15)17-2-1-3-18-12/h4-5,7H,1-3H2,(H2,15,16). The van der Waals surface area contributed by atoms with E-state index >= 15 is 0 Å². The first-order chi connectivity index (χ1) is 8.79. The second-order valence-corrected chi connectivity index (χ2v) is 4.06. The van der Waals surface area contributed by atoms with Crippen LogP contribution in [0, 0.1) is 11.3 Å². The lowest BCUT2D eigenvalue weighted by Gasteiger charge is -2.10. The Bertz CT molecular complexity index is 661. The third kappa shape index (κ3) is 1.59. The molecule has 0 saturated carbocycles. The third-order valence-corrected chi connectivity index (χ3v) is 2.90. The molecule has 5 heteroatoms. The maximum absolute atomic E-state index is 8.94. The summed E-state index contributed by atoms with van der Waals surface area (Å²) in [6.45, 7) is 1.24. The number of hydrogen-bond acceptors (Lipinski definition) is 5. The van der Waals surface area contributed by atoms with Crippen molar-refractivity contribution >= 4 is 16.6 Å². The second kappa shape index (κ2) is 4.08. The van der Waals surface area contributed by atoms with Crippen molar-refractivity contribution in [1.29, 1.82) is 5.26 Å². The molecule has 18 heavy (non-hydrogen) atoms. The molecule has 0 amide bonds. The molecule has 1 aliphatic heterocycles. The van der Waals surface area contributed by atoms with E-state index in [9.17, 15) is 0 Å². The third-order valence-electron chi connectivity index (χ3n) is 2.90. The van der Waals surface area contributed by atoms with Crippen molar-refractivity contribution in [1.82, 2.24) is 4.98 Å². The van der Waals surface area contributed by atoms with E-state index < -0.39 is 0 Å². The van der Waals surface area contributed by atoms with Crippen molar-refractivity contribution in [2.75, 3.05) is 18.9 Å². The van der Waals surface area contributed by atoms with Crippen LogP contribution in [0.15, 0.2) is 18.3 Å². The summed E-state index contributed by atoms with van der Waals surface area (Å²) in [4.78, 5) is 4.21. The number of hydrogen-bond donors (Lipinski definition) is 1. The Morgan fingerprint density at radius 1 is 1.22 bits per heavy atom. The summed E-state index contributed by atoms with van der Waals surface area (Å²) in [6.07, 6.45) is 2.32. The molecule has 1 aromatic heterocycles. The van der Waals surface area contributed by atoms with E-state index in [4.69, 9.17) is 20.5 Å². The normalized spacial score (nSPS) is 13.9. The molecular formula is C13H11N3O2. The summed E-state index contributed by atoms with van der Waals surface area (Å²) in [5.41, 5.74) is 7.45. The first-order valence-electron chi connectivity index (χ1n) is 5.67. The Kier molecular flexibility index (Phi) is 2.41. The average Bonchev–Trinajstić information content (AvgIpc) is 2.62. The van der Waals surface area contributed by atoms with Gasteiger partial charge in [-0.05, 0) is 6.07 Å². The van der Waals surface area contributed by atoms with Crippen LogP contribution < -0.4 is 15.2 Å². The van der Waals surface area contributed by atoms with Crippen LogP contribution in [0.4, 0.5) is 5.69 Å². The molecule has 0 radical (unpaired) electrons. The van der Waals surface area contributed by atoms with Crippen LogP contribution in [-0.2, 0) is 0 Å². The molecule has 0 bridgehead atoms. The van der Waals surface area contributed by atoms with Gasteiger partial charge >= 0.3 is 0 Å². The molecule has 1 aliphatic rings. The Labute approximate surface area is 104 Å². The van der Waals surface area contributed by atoms with E-state index in [1.165, 1.54) is 6.20 Å². The van der Waals surface area contributed by atoms with Gasteiger partial charge in [0.1, 0.15) is 6.07 Å². The number of fused-ring (bicyclic) bond motifs is 2. The van der Waals surface area contributed by atoms with E-state index in [-0.39, 0.29) is 0 Å². The van der Waals surface area contributed by atoms with Crippen LogP contribution >= 0.6 is 0 Å². The molecule has 0 saturated heterocycles. The van der Waals surface area contributed by atoms with Crippen LogP contribution in [0.2, 0.25) is 0 Å². The first kappa shape index (κ1) is 10.7. The Hall–Kier alpha value is -2.48. The lowest BCUT2D eigenvalue weighted by Crippen LogP contribution is -1.97. The lowest BCUT2D eigenvalue weighted by atomic mass is 10.1. The number of ether oxygens (including phenoxy) is 2. The molecule has 0 aliphatic carbocycles. The molecular weight excluding hydrogens is 230 g/mol. The highest BCUT2D eigenvalue weighted by Crippen LogP contribution is 2.36. The van der Waals surface area contributed by atoms with Gasteiger partial charge in [0, 0.05) is 24.1 Å². The number of anilines is 1. The number of rotatable bonds is 0. The van der Waals surface area contributed by atoms with E-state index in [0.717, 1.165) is 11.8 Å². The van der Waals surface area contributed by atoms with Crippen molar-refractivity contribution in [2.45, 2.75) is 6.42 Å². The summed E-state index contributed by atoms with van der Waals surface area (Å²) >= 11 is 0. The van der Waals surface area contributed by atoms with Crippen LogP contribution in [-0.4, -0.2) is 18.2 Å². The van der Waals surface area contributed by atoms with Crippen molar-refractivity contribution in [3.63, 3.8) is 0 Å². The summed E-state index contributed by atoms with van der Waals surface area (Å²) in [5, 5.41) is 9.66. The predicted molar refractivity (Wildman–Crippen MR) is 66.5 cm³/mol. The Morgan fingerprint density at radius 3 is 2.67 bits per heavy atom. The predicted octanol–water partition coefficient (Wildman–Crippen LogP) is 1.85. The maximum Gasteiger partial charge on any atom is 0.163 e. The van der Waals surface area contributed by atoms with Gasteiger partial charge in [0.25, 0.3) is 0 Å². The zero-order valence-corrected chi connectivity index (χ0v) is 9.64. The zero-order valence-electron chi connectivity index (χ0n) is 9.64. The lowest BCUT2D eigenvalue weighted by molar-refractivity contribution is 0.297. The number of nitrogens with two attached hydrogens (primary N) is 1. The van der Waals surface area contributed by atoms with Gasteiger partial charge in [-0.3, -0.25) is 4.98 Å². The number of nitrogen functional groups attached to an aromatic ring is 1. The van der Waals surface area contributed by atoms with Crippen molar-refractivity contribution in [3.05, 3.63) is 23.9 Å². The molecule has 0 atom stereocenters.